The number of alkyl halides is 3. The Morgan fingerprint density at radius 2 is 1.92 bits per heavy atom. The molecule has 0 nitrogen and oxygen atoms in total. The van der Waals surface area contributed by atoms with Gasteiger partial charge in [-0.1, -0.05) is 20.3 Å². The van der Waals surface area contributed by atoms with Crippen molar-refractivity contribution in [1.29, 1.82) is 0 Å². The summed E-state index contributed by atoms with van der Waals surface area (Å²) in [5, 5.41) is 0. The van der Waals surface area contributed by atoms with Gasteiger partial charge in [0, 0.05) is 18.7 Å². The first-order valence-electron chi connectivity index (χ1n) is 4.49. The van der Waals surface area contributed by atoms with E-state index in [9.17, 15) is 8.78 Å². The fourth-order valence-corrected chi connectivity index (χ4v) is 1.47. The van der Waals surface area contributed by atoms with E-state index in [4.69, 9.17) is 11.6 Å². The topological polar surface area (TPSA) is 0 Å². The zero-order chi connectivity index (χ0) is 9.61. The van der Waals surface area contributed by atoms with Crippen molar-refractivity contribution >= 4 is 11.6 Å². The highest BCUT2D eigenvalue weighted by molar-refractivity contribution is 6.18. The summed E-state index contributed by atoms with van der Waals surface area (Å²) in [7, 11) is 0. The second kappa shape index (κ2) is 5.74. The van der Waals surface area contributed by atoms with Crippen LogP contribution in [-0.4, -0.2) is 11.8 Å². The minimum Gasteiger partial charge on any atom is -0.207 e. The molecule has 0 rings (SSSR count). The third-order valence-corrected chi connectivity index (χ3v) is 2.46. The molecule has 0 bridgehead atoms. The van der Waals surface area contributed by atoms with Crippen LogP contribution in [0.3, 0.4) is 0 Å². The second-order valence-electron chi connectivity index (χ2n) is 3.22. The first kappa shape index (κ1) is 12.2. The minimum absolute atomic E-state index is 0.0217. The quantitative estimate of drug-likeness (QED) is 0.565. The molecule has 0 aromatic heterocycles. The Kier molecular flexibility index (Phi) is 5.81. The monoisotopic (exact) mass is 198 g/mol. The lowest BCUT2D eigenvalue weighted by molar-refractivity contribution is -0.0249. The van der Waals surface area contributed by atoms with Crippen molar-refractivity contribution < 1.29 is 8.78 Å². The fraction of sp³-hybridized carbons (Fsp3) is 1.00. The van der Waals surface area contributed by atoms with Crippen molar-refractivity contribution in [2.45, 2.75) is 45.5 Å². The van der Waals surface area contributed by atoms with E-state index < -0.39 is 5.92 Å². The Morgan fingerprint density at radius 3 is 2.25 bits per heavy atom. The van der Waals surface area contributed by atoms with Crippen LogP contribution in [0.2, 0.25) is 0 Å². The van der Waals surface area contributed by atoms with Crippen LogP contribution in [0.15, 0.2) is 0 Å². The molecule has 0 heterocycles. The van der Waals surface area contributed by atoms with Gasteiger partial charge in [0.1, 0.15) is 0 Å². The molecule has 0 aromatic carbocycles. The van der Waals surface area contributed by atoms with Gasteiger partial charge >= 0.3 is 0 Å². The van der Waals surface area contributed by atoms with Gasteiger partial charge in [-0.05, 0) is 12.3 Å². The van der Waals surface area contributed by atoms with Crippen LogP contribution in [-0.2, 0) is 0 Å². The summed E-state index contributed by atoms with van der Waals surface area (Å²) in [5.74, 6) is -2.19. The van der Waals surface area contributed by atoms with Gasteiger partial charge < -0.3 is 0 Å². The van der Waals surface area contributed by atoms with E-state index in [1.807, 2.05) is 6.92 Å². The van der Waals surface area contributed by atoms with E-state index >= 15 is 0 Å². The molecule has 1 unspecified atom stereocenters. The Hall–Kier alpha value is 0.150. The predicted octanol–water partition coefficient (Wildman–Crippen LogP) is 4.08. The molecule has 0 saturated heterocycles. The van der Waals surface area contributed by atoms with E-state index in [0.29, 0.717) is 5.88 Å². The third-order valence-electron chi connectivity index (χ3n) is 2.02. The summed E-state index contributed by atoms with van der Waals surface area (Å²) >= 11 is 5.58. The first-order chi connectivity index (χ1) is 5.55. The van der Waals surface area contributed by atoms with E-state index in [1.165, 1.54) is 6.92 Å². The number of hydrogen-bond donors (Lipinski definition) is 0. The molecule has 3 heteroatoms. The lowest BCUT2D eigenvalue weighted by Crippen LogP contribution is -2.20. The van der Waals surface area contributed by atoms with Crippen LogP contribution < -0.4 is 0 Å². The summed E-state index contributed by atoms with van der Waals surface area (Å²) < 4.78 is 25.7. The molecule has 0 spiro atoms. The molecule has 0 saturated carbocycles. The molecule has 0 aliphatic heterocycles. The zero-order valence-corrected chi connectivity index (χ0v) is 8.50. The van der Waals surface area contributed by atoms with Gasteiger partial charge in [0.2, 0.25) is 5.92 Å². The summed E-state index contributed by atoms with van der Waals surface area (Å²) in [5.41, 5.74) is 0. The van der Waals surface area contributed by atoms with Crippen LogP contribution in [0.25, 0.3) is 0 Å². The number of halogens is 3. The lowest BCUT2D eigenvalue weighted by atomic mass is 9.97. The highest BCUT2D eigenvalue weighted by atomic mass is 35.5. The molecule has 0 radical (unpaired) electrons. The Balaban J connectivity index is 3.83. The maximum absolute atomic E-state index is 12.9. The molecule has 0 fully saturated rings. The van der Waals surface area contributed by atoms with Crippen molar-refractivity contribution in [3.8, 4) is 0 Å². The van der Waals surface area contributed by atoms with Crippen LogP contribution in [0.5, 0.6) is 0 Å². The molecule has 12 heavy (non-hydrogen) atoms. The molecule has 0 aliphatic rings. The van der Waals surface area contributed by atoms with Crippen LogP contribution in [0.4, 0.5) is 8.78 Å². The maximum atomic E-state index is 12.9. The molecule has 0 aliphatic carbocycles. The van der Waals surface area contributed by atoms with Crippen molar-refractivity contribution in [3.05, 3.63) is 0 Å². The summed E-state index contributed by atoms with van der Waals surface area (Å²) in [6, 6.07) is 0. The summed E-state index contributed by atoms with van der Waals surface area (Å²) in [4.78, 5) is 0. The Morgan fingerprint density at radius 1 is 1.33 bits per heavy atom. The molecular formula is C9H17ClF2. The summed E-state index contributed by atoms with van der Waals surface area (Å²) in [6.45, 7) is 3.50. The number of hydrogen-bond acceptors (Lipinski definition) is 0. The van der Waals surface area contributed by atoms with Crippen molar-refractivity contribution in [2.24, 2.45) is 5.92 Å². The smallest absolute Gasteiger partial charge is 0.207 e. The Bertz CT molecular complexity index is 115. The molecule has 0 amide bonds. The molecule has 0 aromatic rings. The van der Waals surface area contributed by atoms with E-state index in [1.54, 1.807) is 0 Å². The number of rotatable bonds is 6. The normalized spacial score (nSPS) is 14.8. The fourth-order valence-electron chi connectivity index (χ4n) is 1.21. The highest BCUT2D eigenvalue weighted by Crippen LogP contribution is 2.29. The average Bonchev–Trinajstić information content (AvgIpc) is 2.03. The van der Waals surface area contributed by atoms with E-state index in [2.05, 4.69) is 0 Å². The highest BCUT2D eigenvalue weighted by Gasteiger charge is 2.29. The van der Waals surface area contributed by atoms with Crippen molar-refractivity contribution in [1.82, 2.24) is 0 Å². The van der Waals surface area contributed by atoms with E-state index in [-0.39, 0.29) is 18.8 Å². The van der Waals surface area contributed by atoms with Crippen molar-refractivity contribution in [2.75, 3.05) is 5.88 Å². The lowest BCUT2D eigenvalue weighted by Gasteiger charge is -2.19. The van der Waals surface area contributed by atoms with E-state index in [0.717, 1.165) is 12.8 Å². The molecule has 74 valence electrons. The SMILES string of the molecule is CCCC(CCl)CC(F)(F)CC. The molecule has 0 N–H and O–H groups in total. The molecular weight excluding hydrogens is 182 g/mol. The average molecular weight is 199 g/mol. The van der Waals surface area contributed by atoms with Gasteiger partial charge in [0.15, 0.2) is 0 Å². The van der Waals surface area contributed by atoms with Gasteiger partial charge in [-0.25, -0.2) is 8.78 Å². The Labute approximate surface area is 78.3 Å². The zero-order valence-electron chi connectivity index (χ0n) is 7.75. The van der Waals surface area contributed by atoms with Gasteiger partial charge in [-0.3, -0.25) is 0 Å². The van der Waals surface area contributed by atoms with Gasteiger partial charge in [-0.2, -0.15) is 0 Å². The standard InChI is InChI=1S/C9H17ClF2/c1-3-5-8(7-10)6-9(11,12)4-2/h8H,3-7H2,1-2H3. The van der Waals surface area contributed by atoms with Crippen LogP contribution in [0.1, 0.15) is 39.5 Å². The second-order valence-corrected chi connectivity index (χ2v) is 3.53. The third kappa shape index (κ3) is 4.91. The summed E-state index contributed by atoms with van der Waals surface area (Å²) in [6.07, 6.45) is 1.60. The maximum Gasteiger partial charge on any atom is 0.248 e. The first-order valence-corrected chi connectivity index (χ1v) is 5.03. The van der Waals surface area contributed by atoms with Crippen LogP contribution in [0, 0.1) is 5.92 Å². The molecule has 1 atom stereocenters. The van der Waals surface area contributed by atoms with Crippen molar-refractivity contribution in [3.63, 3.8) is 0 Å². The van der Waals surface area contributed by atoms with Crippen LogP contribution >= 0.6 is 11.6 Å². The van der Waals surface area contributed by atoms with Gasteiger partial charge in [0.05, 0.1) is 0 Å². The predicted molar refractivity (Wildman–Crippen MR) is 49.0 cm³/mol. The minimum atomic E-state index is -2.52. The largest absolute Gasteiger partial charge is 0.248 e. The van der Waals surface area contributed by atoms with Gasteiger partial charge in [-0.15, -0.1) is 11.6 Å². The van der Waals surface area contributed by atoms with Gasteiger partial charge in [0.25, 0.3) is 0 Å².